The van der Waals surface area contributed by atoms with E-state index in [1.54, 1.807) is 4.68 Å². The largest absolute Gasteiger partial charge is 0.476 e. The van der Waals surface area contributed by atoms with Gasteiger partial charge in [-0.25, -0.2) is 9.48 Å². The van der Waals surface area contributed by atoms with E-state index in [2.05, 4.69) is 15.4 Å². The second-order valence-corrected chi connectivity index (χ2v) is 4.68. The third-order valence-corrected chi connectivity index (χ3v) is 3.31. The van der Waals surface area contributed by atoms with Crippen LogP contribution in [0.3, 0.4) is 0 Å². The van der Waals surface area contributed by atoms with E-state index in [4.69, 9.17) is 10.8 Å². The van der Waals surface area contributed by atoms with Gasteiger partial charge in [-0.3, -0.25) is 4.68 Å². The molecular weight excluding hydrogens is 272 g/mol. The molecule has 0 spiro atoms. The number of hydrogen-bond acceptors (Lipinski definition) is 5. The van der Waals surface area contributed by atoms with Crippen molar-refractivity contribution in [1.82, 2.24) is 24.8 Å². The van der Waals surface area contributed by atoms with Gasteiger partial charge in [0.2, 0.25) is 0 Å². The zero-order chi connectivity index (χ0) is 15.4. The summed E-state index contributed by atoms with van der Waals surface area (Å²) >= 11 is 0. The Labute approximate surface area is 122 Å². The number of carboxylic acids is 1. The Morgan fingerprint density at radius 2 is 2.14 bits per heavy atom. The molecule has 0 aliphatic carbocycles. The van der Waals surface area contributed by atoms with Crippen LogP contribution in [-0.4, -0.2) is 42.4 Å². The number of aryl methyl sites for hydroxylation is 2. The fourth-order valence-corrected chi connectivity index (χ4v) is 2.25. The number of carboxylic acid groups (broad SMARTS) is 1. The predicted octanol–water partition coefficient (Wildman–Crippen LogP) is 0.305. The standard InChI is InChI=1S/C13H20N6O2/c1-3-9-7-10(18(4-2)16-9)8-19-11(5-6-14)12(13(20)21)15-17-19/h7H,3-6,8,14H2,1-2H3,(H,20,21). The van der Waals surface area contributed by atoms with Crippen molar-refractivity contribution >= 4 is 5.97 Å². The molecule has 2 rings (SSSR count). The number of rotatable bonds is 7. The average Bonchev–Trinajstić information content (AvgIpc) is 3.04. The molecule has 0 aliphatic rings. The zero-order valence-corrected chi connectivity index (χ0v) is 12.3. The van der Waals surface area contributed by atoms with Crippen LogP contribution in [0.15, 0.2) is 6.07 Å². The molecule has 2 heterocycles. The first-order valence-corrected chi connectivity index (χ1v) is 7.02. The first-order valence-electron chi connectivity index (χ1n) is 7.02. The molecule has 0 radical (unpaired) electrons. The van der Waals surface area contributed by atoms with Gasteiger partial charge in [0, 0.05) is 13.0 Å². The van der Waals surface area contributed by atoms with E-state index in [9.17, 15) is 4.79 Å². The van der Waals surface area contributed by atoms with E-state index >= 15 is 0 Å². The van der Waals surface area contributed by atoms with Crippen LogP contribution >= 0.6 is 0 Å². The molecular formula is C13H20N6O2. The molecule has 0 saturated carbocycles. The maximum Gasteiger partial charge on any atom is 0.358 e. The molecule has 114 valence electrons. The predicted molar refractivity (Wildman–Crippen MR) is 76.1 cm³/mol. The van der Waals surface area contributed by atoms with E-state index in [0.29, 0.717) is 25.2 Å². The summed E-state index contributed by atoms with van der Waals surface area (Å²) in [5.74, 6) is -1.08. The summed E-state index contributed by atoms with van der Waals surface area (Å²) in [5, 5.41) is 21.3. The second-order valence-electron chi connectivity index (χ2n) is 4.68. The Hall–Kier alpha value is -2.22. The van der Waals surface area contributed by atoms with E-state index in [1.807, 2.05) is 24.6 Å². The van der Waals surface area contributed by atoms with Crippen molar-refractivity contribution in [1.29, 1.82) is 0 Å². The van der Waals surface area contributed by atoms with Gasteiger partial charge in [0.05, 0.1) is 23.6 Å². The molecule has 0 aliphatic heterocycles. The van der Waals surface area contributed by atoms with Gasteiger partial charge in [0.1, 0.15) is 0 Å². The van der Waals surface area contributed by atoms with E-state index in [1.165, 1.54) is 0 Å². The molecule has 0 fully saturated rings. The maximum absolute atomic E-state index is 11.2. The molecule has 0 atom stereocenters. The van der Waals surface area contributed by atoms with Crippen LogP contribution in [0.4, 0.5) is 0 Å². The van der Waals surface area contributed by atoms with E-state index in [0.717, 1.165) is 24.4 Å². The quantitative estimate of drug-likeness (QED) is 0.759. The lowest BCUT2D eigenvalue weighted by molar-refractivity contribution is 0.0689. The average molecular weight is 292 g/mol. The highest BCUT2D eigenvalue weighted by Crippen LogP contribution is 2.12. The Kier molecular flexibility index (Phi) is 4.69. The lowest BCUT2D eigenvalue weighted by Crippen LogP contribution is -2.15. The van der Waals surface area contributed by atoms with Crippen molar-refractivity contribution in [3.63, 3.8) is 0 Å². The maximum atomic E-state index is 11.2. The van der Waals surface area contributed by atoms with Gasteiger partial charge in [-0.1, -0.05) is 12.1 Å². The Morgan fingerprint density at radius 3 is 2.71 bits per heavy atom. The topological polar surface area (TPSA) is 112 Å². The van der Waals surface area contributed by atoms with Crippen molar-refractivity contribution < 1.29 is 9.90 Å². The summed E-state index contributed by atoms with van der Waals surface area (Å²) in [4.78, 5) is 11.2. The van der Waals surface area contributed by atoms with Crippen LogP contribution in [0.25, 0.3) is 0 Å². The van der Waals surface area contributed by atoms with Crippen LogP contribution < -0.4 is 5.73 Å². The highest BCUT2D eigenvalue weighted by Gasteiger charge is 2.19. The molecule has 3 N–H and O–H groups in total. The first kappa shape index (κ1) is 15.2. The first-order chi connectivity index (χ1) is 10.1. The Morgan fingerprint density at radius 1 is 1.38 bits per heavy atom. The monoisotopic (exact) mass is 292 g/mol. The lowest BCUT2D eigenvalue weighted by atomic mass is 10.2. The molecule has 8 heteroatoms. The minimum Gasteiger partial charge on any atom is -0.476 e. The zero-order valence-electron chi connectivity index (χ0n) is 12.3. The van der Waals surface area contributed by atoms with Crippen LogP contribution in [0.1, 0.15) is 41.4 Å². The van der Waals surface area contributed by atoms with Crippen LogP contribution in [-0.2, 0) is 25.9 Å². The summed E-state index contributed by atoms with van der Waals surface area (Å²) in [6, 6.07) is 2.01. The summed E-state index contributed by atoms with van der Waals surface area (Å²) in [6.07, 6.45) is 1.28. The van der Waals surface area contributed by atoms with Crippen molar-refractivity contribution in [3.05, 3.63) is 28.8 Å². The number of nitrogens with two attached hydrogens (primary N) is 1. The second kappa shape index (κ2) is 6.49. The van der Waals surface area contributed by atoms with Crippen molar-refractivity contribution in [3.8, 4) is 0 Å². The molecule has 0 bridgehead atoms. The lowest BCUT2D eigenvalue weighted by Gasteiger charge is -2.07. The van der Waals surface area contributed by atoms with Crippen LogP contribution in [0, 0.1) is 0 Å². The van der Waals surface area contributed by atoms with Crippen molar-refractivity contribution in [2.45, 2.75) is 39.8 Å². The fourth-order valence-electron chi connectivity index (χ4n) is 2.25. The molecule has 2 aromatic rings. The van der Waals surface area contributed by atoms with Gasteiger partial charge in [-0.2, -0.15) is 5.10 Å². The van der Waals surface area contributed by atoms with E-state index in [-0.39, 0.29) is 5.69 Å². The summed E-state index contributed by atoms with van der Waals surface area (Å²) < 4.78 is 3.49. The molecule has 8 nitrogen and oxygen atoms in total. The van der Waals surface area contributed by atoms with E-state index < -0.39 is 5.97 Å². The summed E-state index contributed by atoms with van der Waals surface area (Å²) in [7, 11) is 0. The minimum atomic E-state index is -1.08. The minimum absolute atomic E-state index is 0.0290. The third kappa shape index (κ3) is 3.10. The fraction of sp³-hybridized carbons (Fsp3) is 0.538. The SMILES string of the molecule is CCc1cc(Cn2nnc(C(=O)O)c2CCN)n(CC)n1. The summed E-state index contributed by atoms with van der Waals surface area (Å²) in [5.41, 5.74) is 8.06. The van der Waals surface area contributed by atoms with Gasteiger partial charge in [-0.15, -0.1) is 5.10 Å². The number of aromatic nitrogens is 5. The smallest absolute Gasteiger partial charge is 0.358 e. The van der Waals surface area contributed by atoms with Gasteiger partial charge in [0.25, 0.3) is 0 Å². The van der Waals surface area contributed by atoms with Crippen LogP contribution in [0.2, 0.25) is 0 Å². The molecule has 0 amide bonds. The van der Waals surface area contributed by atoms with Gasteiger partial charge < -0.3 is 10.8 Å². The van der Waals surface area contributed by atoms with Gasteiger partial charge >= 0.3 is 5.97 Å². The molecule has 0 aromatic carbocycles. The normalized spacial score (nSPS) is 11.0. The highest BCUT2D eigenvalue weighted by molar-refractivity contribution is 5.86. The van der Waals surface area contributed by atoms with Gasteiger partial charge in [-0.05, 0) is 26.0 Å². The molecule has 0 saturated heterocycles. The third-order valence-electron chi connectivity index (χ3n) is 3.31. The highest BCUT2D eigenvalue weighted by atomic mass is 16.4. The number of carbonyl (C=O) groups is 1. The Bertz CT molecular complexity index is 631. The molecule has 0 unspecified atom stereocenters. The summed E-state index contributed by atoms with van der Waals surface area (Å²) in [6.45, 7) is 5.60. The van der Waals surface area contributed by atoms with Crippen molar-refractivity contribution in [2.75, 3.05) is 6.54 Å². The Balaban J connectivity index is 2.35. The molecule has 21 heavy (non-hydrogen) atoms. The number of aromatic carboxylic acids is 1. The van der Waals surface area contributed by atoms with Crippen molar-refractivity contribution in [2.24, 2.45) is 5.73 Å². The van der Waals surface area contributed by atoms with Gasteiger partial charge in [0.15, 0.2) is 5.69 Å². The molecule has 2 aromatic heterocycles. The number of hydrogen-bond donors (Lipinski definition) is 2. The number of nitrogens with zero attached hydrogens (tertiary/aromatic N) is 5. The van der Waals surface area contributed by atoms with Crippen LogP contribution in [0.5, 0.6) is 0 Å².